The fraction of sp³-hybridized carbons (Fsp3) is 0.300. The zero-order valence-corrected chi connectivity index (χ0v) is 23.1. The van der Waals surface area contributed by atoms with E-state index in [9.17, 15) is 24.6 Å². The fourth-order valence-electron chi connectivity index (χ4n) is 4.34. The number of aromatic hydroxyl groups is 2. The molecule has 0 radical (unpaired) electrons. The van der Waals surface area contributed by atoms with Crippen molar-refractivity contribution < 1.29 is 34.1 Å². The number of aromatic amines is 1. The molecule has 0 fully saturated rings. The zero-order valence-electron chi connectivity index (χ0n) is 23.1. The molecule has 10 heteroatoms. The van der Waals surface area contributed by atoms with Crippen molar-refractivity contribution in [3.05, 3.63) is 76.9 Å². The Kier molecular flexibility index (Phi) is 9.97. The average Bonchev–Trinajstić information content (AvgIpc) is 3.20. The monoisotopic (exact) mass is 549 g/mol. The number of nitrogens with one attached hydrogen (secondary N) is 3. The Morgan fingerprint density at radius 1 is 0.950 bits per heavy atom. The molecule has 10 nitrogen and oxygen atoms in total. The Balaban J connectivity index is 1.78. The number of H-pyrrole nitrogens is 1. The topological polar surface area (TPSA) is 150 Å². The first-order valence-corrected chi connectivity index (χ1v) is 12.8. The highest BCUT2D eigenvalue weighted by Gasteiger charge is 2.31. The Bertz CT molecular complexity index is 1380. The number of rotatable bonds is 12. The lowest BCUT2D eigenvalue weighted by Crippen LogP contribution is -2.45. The third kappa shape index (κ3) is 7.02. The smallest absolute Gasteiger partial charge is 0.244 e. The first-order valence-electron chi connectivity index (χ1n) is 12.8. The first-order chi connectivity index (χ1) is 19.1. The van der Waals surface area contributed by atoms with Crippen LogP contribution in [-0.4, -0.2) is 53.1 Å². The van der Waals surface area contributed by atoms with Crippen molar-refractivity contribution >= 4 is 23.7 Å². The lowest BCUT2D eigenvalue weighted by Gasteiger charge is -2.24. The third-order valence-corrected chi connectivity index (χ3v) is 6.47. The van der Waals surface area contributed by atoms with E-state index >= 15 is 0 Å². The number of ether oxygens (including phenoxy) is 2. The van der Waals surface area contributed by atoms with Crippen LogP contribution in [0, 0.1) is 12.8 Å². The van der Waals surface area contributed by atoms with Crippen LogP contribution in [0.3, 0.4) is 0 Å². The van der Waals surface area contributed by atoms with Crippen molar-refractivity contribution in [2.75, 3.05) is 14.2 Å². The van der Waals surface area contributed by atoms with Crippen molar-refractivity contribution in [3.8, 4) is 23.3 Å². The molecule has 0 unspecified atom stereocenters. The van der Waals surface area contributed by atoms with Gasteiger partial charge in [0, 0.05) is 17.2 Å². The van der Waals surface area contributed by atoms with Gasteiger partial charge in [0.2, 0.25) is 17.7 Å². The van der Waals surface area contributed by atoms with Gasteiger partial charge in [-0.15, -0.1) is 0 Å². The van der Waals surface area contributed by atoms with Crippen LogP contribution in [0.25, 0.3) is 6.08 Å². The van der Waals surface area contributed by atoms with E-state index in [1.54, 1.807) is 62.4 Å². The summed E-state index contributed by atoms with van der Waals surface area (Å²) in [6, 6.07) is 12.6. The minimum atomic E-state index is -0.972. The molecule has 0 aliphatic carbocycles. The van der Waals surface area contributed by atoms with Crippen LogP contribution in [0.5, 0.6) is 23.3 Å². The predicted octanol–water partition coefficient (Wildman–Crippen LogP) is 4.04. The molecule has 3 rings (SSSR count). The van der Waals surface area contributed by atoms with Crippen molar-refractivity contribution in [1.29, 1.82) is 0 Å². The summed E-state index contributed by atoms with van der Waals surface area (Å²) >= 11 is 0. The van der Waals surface area contributed by atoms with Gasteiger partial charge in [-0.05, 0) is 30.5 Å². The standard InChI is InChI=1S/C30H35N3O7/c1-17(2)26(27(36)25-18(3)29(37)33-30(25)38)32-24(35)16-21(19-10-7-6-8-11-19)31-23(34)15-14-20-12-9-13-22(39-4)28(20)40-5/h6-15,17,21,26,33,37-38H,16H2,1-5H3,(H,31,34)(H,32,35)/t21-,26-/m0/s1. The first kappa shape index (κ1) is 29.8. The molecule has 1 heterocycles. The summed E-state index contributed by atoms with van der Waals surface area (Å²) < 4.78 is 10.7. The number of carbonyl (C=O) groups is 3. The summed E-state index contributed by atoms with van der Waals surface area (Å²) in [5.41, 5.74) is 1.45. The maximum absolute atomic E-state index is 13.2. The van der Waals surface area contributed by atoms with Crippen LogP contribution >= 0.6 is 0 Å². The van der Waals surface area contributed by atoms with Gasteiger partial charge in [-0.1, -0.05) is 56.3 Å². The highest BCUT2D eigenvalue weighted by Crippen LogP contribution is 2.32. The number of carbonyl (C=O) groups excluding carboxylic acids is 3. The van der Waals surface area contributed by atoms with Crippen LogP contribution in [-0.2, 0) is 9.59 Å². The molecule has 0 aliphatic rings. The number of ketones is 1. The summed E-state index contributed by atoms with van der Waals surface area (Å²) in [6.45, 7) is 5.01. The van der Waals surface area contributed by atoms with Gasteiger partial charge < -0.3 is 30.3 Å². The Labute approximate surface area is 233 Å². The minimum Gasteiger partial charge on any atom is -0.494 e. The zero-order chi connectivity index (χ0) is 29.4. The summed E-state index contributed by atoms with van der Waals surface area (Å²) in [5.74, 6) is -1.55. The SMILES string of the molecule is COc1cccc(C=CC(=O)N[C@@H](CC(=O)N[C@H](C(=O)c2c(O)[nH]c(O)c2C)C(C)C)c2ccccc2)c1OC. The van der Waals surface area contributed by atoms with Gasteiger partial charge in [-0.3, -0.25) is 19.4 Å². The number of hydrogen-bond donors (Lipinski definition) is 5. The maximum atomic E-state index is 13.2. The number of Topliss-reactive ketones (excluding diaryl/α,β-unsaturated/α-hetero) is 1. The normalized spacial score (nSPS) is 12.7. The molecule has 0 saturated carbocycles. The second kappa shape index (κ2) is 13.4. The molecule has 0 spiro atoms. The molecule has 1 aromatic heterocycles. The summed E-state index contributed by atoms with van der Waals surface area (Å²) in [6.07, 6.45) is 2.79. The minimum absolute atomic E-state index is 0.0810. The second-order valence-corrected chi connectivity index (χ2v) is 9.57. The van der Waals surface area contributed by atoms with Gasteiger partial charge in [-0.25, -0.2) is 0 Å². The summed E-state index contributed by atoms with van der Waals surface area (Å²) in [5, 5.41) is 25.6. The van der Waals surface area contributed by atoms with Crippen LogP contribution in [0.15, 0.2) is 54.6 Å². The fourth-order valence-corrected chi connectivity index (χ4v) is 4.34. The van der Waals surface area contributed by atoms with Gasteiger partial charge in [-0.2, -0.15) is 0 Å². The van der Waals surface area contributed by atoms with Gasteiger partial charge in [0.15, 0.2) is 23.2 Å². The number of methoxy groups -OCH3 is 2. The number of para-hydroxylation sites is 1. The van der Waals surface area contributed by atoms with E-state index in [-0.39, 0.29) is 29.3 Å². The van der Waals surface area contributed by atoms with E-state index in [4.69, 9.17) is 9.47 Å². The van der Waals surface area contributed by atoms with Crippen LogP contribution < -0.4 is 20.1 Å². The predicted molar refractivity (Wildman–Crippen MR) is 150 cm³/mol. The van der Waals surface area contributed by atoms with Crippen LogP contribution in [0.4, 0.5) is 0 Å². The Morgan fingerprint density at radius 3 is 2.23 bits per heavy atom. The van der Waals surface area contributed by atoms with E-state index < -0.39 is 35.6 Å². The van der Waals surface area contributed by atoms with E-state index in [2.05, 4.69) is 15.6 Å². The quantitative estimate of drug-likeness (QED) is 0.169. The number of hydrogen-bond acceptors (Lipinski definition) is 7. The summed E-state index contributed by atoms with van der Waals surface area (Å²) in [4.78, 5) is 41.7. The number of aromatic nitrogens is 1. The lowest BCUT2D eigenvalue weighted by atomic mass is 9.93. The van der Waals surface area contributed by atoms with E-state index in [0.29, 0.717) is 22.6 Å². The summed E-state index contributed by atoms with van der Waals surface area (Å²) in [7, 11) is 3.03. The highest BCUT2D eigenvalue weighted by molar-refractivity contribution is 6.05. The molecule has 0 saturated heterocycles. The lowest BCUT2D eigenvalue weighted by molar-refractivity contribution is -0.123. The van der Waals surface area contributed by atoms with Crippen molar-refractivity contribution in [1.82, 2.24) is 15.6 Å². The molecular formula is C30H35N3O7. The third-order valence-electron chi connectivity index (χ3n) is 6.47. The molecule has 40 heavy (non-hydrogen) atoms. The number of amides is 2. The van der Waals surface area contributed by atoms with Gasteiger partial charge in [0.1, 0.15) is 0 Å². The molecule has 0 bridgehead atoms. The molecule has 2 aromatic carbocycles. The highest BCUT2D eigenvalue weighted by atomic mass is 16.5. The Morgan fingerprint density at radius 2 is 1.65 bits per heavy atom. The molecule has 2 amide bonds. The van der Waals surface area contributed by atoms with Gasteiger partial charge >= 0.3 is 0 Å². The largest absolute Gasteiger partial charge is 0.494 e. The Hall–Kier alpha value is -4.73. The molecular weight excluding hydrogens is 514 g/mol. The van der Waals surface area contributed by atoms with Gasteiger partial charge in [0.05, 0.1) is 38.3 Å². The molecule has 5 N–H and O–H groups in total. The van der Waals surface area contributed by atoms with Crippen molar-refractivity contribution in [2.24, 2.45) is 5.92 Å². The van der Waals surface area contributed by atoms with Crippen molar-refractivity contribution in [3.63, 3.8) is 0 Å². The van der Waals surface area contributed by atoms with E-state index in [1.165, 1.54) is 27.2 Å². The molecule has 0 aliphatic heterocycles. The van der Waals surface area contributed by atoms with Gasteiger partial charge in [0.25, 0.3) is 0 Å². The average molecular weight is 550 g/mol. The number of benzene rings is 2. The second-order valence-electron chi connectivity index (χ2n) is 9.57. The molecule has 3 aromatic rings. The van der Waals surface area contributed by atoms with Crippen LogP contribution in [0.1, 0.15) is 53.4 Å². The maximum Gasteiger partial charge on any atom is 0.244 e. The molecule has 2 atom stereocenters. The van der Waals surface area contributed by atoms with E-state index in [1.807, 2.05) is 6.07 Å². The van der Waals surface area contributed by atoms with Crippen LogP contribution in [0.2, 0.25) is 0 Å². The van der Waals surface area contributed by atoms with Crippen molar-refractivity contribution in [2.45, 2.75) is 39.3 Å². The molecule has 212 valence electrons. The van der Waals surface area contributed by atoms with E-state index in [0.717, 1.165) is 0 Å².